The molecule has 0 saturated carbocycles. The lowest BCUT2D eigenvalue weighted by molar-refractivity contribution is 0.142. The molecule has 2 aromatic heterocycles. The molecule has 0 spiro atoms. The first kappa shape index (κ1) is 19.1. The number of imidazole rings is 1. The third kappa shape index (κ3) is 3.61. The molecular formula is C19H20ClN5O4. The first-order valence-electron chi connectivity index (χ1n) is 8.99. The summed E-state index contributed by atoms with van der Waals surface area (Å²) in [5.74, 6) is 1.90. The van der Waals surface area contributed by atoms with Crippen molar-refractivity contribution in [2.45, 2.75) is 0 Å². The molecule has 4 rings (SSSR count). The summed E-state index contributed by atoms with van der Waals surface area (Å²) in [6.45, 7) is 2.07. The first-order valence-corrected chi connectivity index (χ1v) is 9.37. The van der Waals surface area contributed by atoms with Crippen LogP contribution < -0.4 is 14.4 Å². The van der Waals surface area contributed by atoms with Crippen molar-refractivity contribution in [3.05, 3.63) is 35.7 Å². The minimum atomic E-state index is -0.891. The number of benzene rings is 1. The lowest BCUT2D eigenvalue weighted by Crippen LogP contribution is -2.48. The normalized spacial score (nSPS) is 14.3. The van der Waals surface area contributed by atoms with Crippen molar-refractivity contribution < 1.29 is 19.4 Å². The lowest BCUT2D eigenvalue weighted by Gasteiger charge is -2.33. The van der Waals surface area contributed by atoms with E-state index in [4.69, 9.17) is 31.2 Å². The summed E-state index contributed by atoms with van der Waals surface area (Å²) >= 11 is 6.29. The molecule has 1 aliphatic rings. The third-order valence-corrected chi connectivity index (χ3v) is 5.25. The number of methoxy groups -OCH3 is 2. The van der Waals surface area contributed by atoms with Gasteiger partial charge in [-0.05, 0) is 6.07 Å². The number of rotatable bonds is 4. The van der Waals surface area contributed by atoms with Crippen LogP contribution in [0.4, 0.5) is 10.6 Å². The van der Waals surface area contributed by atoms with Gasteiger partial charge in [-0.2, -0.15) is 0 Å². The lowest BCUT2D eigenvalue weighted by atomic mass is 10.1. The van der Waals surface area contributed by atoms with Crippen LogP contribution in [-0.4, -0.2) is 70.9 Å². The van der Waals surface area contributed by atoms with E-state index in [1.54, 1.807) is 32.7 Å². The molecule has 0 radical (unpaired) electrons. The highest BCUT2D eigenvalue weighted by molar-refractivity contribution is 6.32. The molecule has 0 unspecified atom stereocenters. The van der Waals surface area contributed by atoms with Gasteiger partial charge in [0.2, 0.25) is 0 Å². The van der Waals surface area contributed by atoms with E-state index in [1.807, 2.05) is 16.7 Å². The van der Waals surface area contributed by atoms with Crippen LogP contribution in [0.3, 0.4) is 0 Å². The standard InChI is InChI=1S/C19H20ClN5O4/c1-28-15-8-16(29-2)13(20)7-12(15)14-10-25-11-21-17(9-18(25)22-14)23-3-5-24(6-4-23)19(26)27/h7-11H,3-6H2,1-2H3,(H,26,27). The molecule has 29 heavy (non-hydrogen) atoms. The SMILES string of the molecule is COc1cc(OC)c(-c2cn3cnc(N4CCN(C(=O)O)CC4)cc3n2)cc1Cl. The van der Waals surface area contributed by atoms with Crippen LogP contribution in [-0.2, 0) is 0 Å². The number of aromatic nitrogens is 3. The second-order valence-electron chi connectivity index (χ2n) is 6.58. The number of anilines is 1. The molecule has 1 aliphatic heterocycles. The summed E-state index contributed by atoms with van der Waals surface area (Å²) in [5.41, 5.74) is 2.17. The van der Waals surface area contributed by atoms with Crippen LogP contribution in [0.2, 0.25) is 5.02 Å². The highest BCUT2D eigenvalue weighted by Gasteiger charge is 2.22. The maximum Gasteiger partial charge on any atom is 0.407 e. The Morgan fingerprint density at radius 2 is 1.83 bits per heavy atom. The first-order chi connectivity index (χ1) is 14.0. The van der Waals surface area contributed by atoms with E-state index >= 15 is 0 Å². The number of carboxylic acid groups (broad SMARTS) is 1. The van der Waals surface area contributed by atoms with Crippen LogP contribution in [0.25, 0.3) is 16.9 Å². The molecule has 1 N–H and O–H groups in total. The molecule has 0 atom stereocenters. The minimum Gasteiger partial charge on any atom is -0.496 e. The smallest absolute Gasteiger partial charge is 0.407 e. The van der Waals surface area contributed by atoms with Gasteiger partial charge in [0.1, 0.15) is 29.3 Å². The molecule has 1 aromatic carbocycles. The van der Waals surface area contributed by atoms with Crippen LogP contribution in [0, 0.1) is 0 Å². The van der Waals surface area contributed by atoms with E-state index in [0.29, 0.717) is 48.4 Å². The molecule has 3 aromatic rings. The molecular weight excluding hydrogens is 398 g/mol. The summed E-state index contributed by atoms with van der Waals surface area (Å²) in [6, 6.07) is 5.38. The zero-order chi connectivity index (χ0) is 20.5. The number of amides is 1. The molecule has 9 nitrogen and oxygen atoms in total. The van der Waals surface area contributed by atoms with Crippen molar-refractivity contribution in [3.63, 3.8) is 0 Å². The van der Waals surface area contributed by atoms with Crippen LogP contribution in [0.5, 0.6) is 11.5 Å². The molecule has 1 saturated heterocycles. The van der Waals surface area contributed by atoms with Crippen molar-refractivity contribution in [2.75, 3.05) is 45.3 Å². The predicted octanol–water partition coefficient (Wildman–Crippen LogP) is 2.87. The van der Waals surface area contributed by atoms with Crippen LogP contribution in [0.1, 0.15) is 0 Å². The average Bonchev–Trinajstić information content (AvgIpc) is 3.16. The highest BCUT2D eigenvalue weighted by Crippen LogP contribution is 2.38. The van der Waals surface area contributed by atoms with Gasteiger partial charge in [-0.3, -0.25) is 4.40 Å². The molecule has 3 heterocycles. The fourth-order valence-corrected chi connectivity index (χ4v) is 3.61. The van der Waals surface area contributed by atoms with Gasteiger partial charge in [0.15, 0.2) is 0 Å². The monoisotopic (exact) mass is 417 g/mol. The number of ether oxygens (including phenoxy) is 2. The Morgan fingerprint density at radius 1 is 1.10 bits per heavy atom. The van der Waals surface area contributed by atoms with Crippen molar-refractivity contribution >= 4 is 29.2 Å². The van der Waals surface area contributed by atoms with Gasteiger partial charge in [-0.15, -0.1) is 0 Å². The molecule has 10 heteroatoms. The predicted molar refractivity (Wildman–Crippen MR) is 108 cm³/mol. The summed E-state index contributed by atoms with van der Waals surface area (Å²) in [6.07, 6.45) is 2.66. The van der Waals surface area contributed by atoms with Gasteiger partial charge in [-0.1, -0.05) is 11.6 Å². The number of halogens is 1. The van der Waals surface area contributed by atoms with Crippen molar-refractivity contribution in [1.82, 2.24) is 19.3 Å². The summed E-state index contributed by atoms with van der Waals surface area (Å²) in [4.78, 5) is 23.7. The zero-order valence-corrected chi connectivity index (χ0v) is 16.8. The van der Waals surface area contributed by atoms with E-state index < -0.39 is 6.09 Å². The number of carbonyl (C=O) groups is 1. The Kier molecular flexibility index (Phi) is 5.06. The third-order valence-electron chi connectivity index (χ3n) is 4.96. The number of hydrogen-bond acceptors (Lipinski definition) is 6. The van der Waals surface area contributed by atoms with Crippen molar-refractivity contribution in [3.8, 4) is 22.8 Å². The number of piperazine rings is 1. The Morgan fingerprint density at radius 3 is 2.48 bits per heavy atom. The van der Waals surface area contributed by atoms with Crippen LogP contribution >= 0.6 is 11.6 Å². The fraction of sp³-hybridized carbons (Fsp3) is 0.316. The second kappa shape index (κ2) is 7.67. The van der Waals surface area contributed by atoms with Crippen molar-refractivity contribution in [2.24, 2.45) is 0 Å². The molecule has 1 fully saturated rings. The van der Waals surface area contributed by atoms with Crippen molar-refractivity contribution in [1.29, 1.82) is 0 Å². The van der Waals surface area contributed by atoms with E-state index in [2.05, 4.69) is 9.88 Å². The summed E-state index contributed by atoms with van der Waals surface area (Å²) < 4.78 is 12.5. The average molecular weight is 418 g/mol. The maximum atomic E-state index is 11.1. The van der Waals surface area contributed by atoms with E-state index in [-0.39, 0.29) is 0 Å². The summed E-state index contributed by atoms with van der Waals surface area (Å²) in [5, 5.41) is 9.56. The fourth-order valence-electron chi connectivity index (χ4n) is 3.37. The van der Waals surface area contributed by atoms with Crippen LogP contribution in [0.15, 0.2) is 30.7 Å². The largest absolute Gasteiger partial charge is 0.496 e. The molecule has 0 bridgehead atoms. The Hall–Kier alpha value is -3.20. The quantitative estimate of drug-likeness (QED) is 0.697. The zero-order valence-electron chi connectivity index (χ0n) is 16.0. The Balaban J connectivity index is 1.65. The molecule has 0 aliphatic carbocycles. The van der Waals surface area contributed by atoms with E-state index in [9.17, 15) is 4.79 Å². The highest BCUT2D eigenvalue weighted by atomic mass is 35.5. The topological polar surface area (TPSA) is 92.4 Å². The number of nitrogens with zero attached hydrogens (tertiary/aromatic N) is 5. The Bertz CT molecular complexity index is 1060. The number of hydrogen-bond donors (Lipinski definition) is 1. The van der Waals surface area contributed by atoms with E-state index in [0.717, 1.165) is 17.0 Å². The summed E-state index contributed by atoms with van der Waals surface area (Å²) in [7, 11) is 3.13. The van der Waals surface area contributed by atoms with Gasteiger partial charge >= 0.3 is 6.09 Å². The van der Waals surface area contributed by atoms with Gasteiger partial charge in [0.05, 0.1) is 24.9 Å². The molecule has 1 amide bonds. The van der Waals surface area contributed by atoms with Gasteiger partial charge in [0, 0.05) is 50.1 Å². The second-order valence-corrected chi connectivity index (χ2v) is 6.99. The maximum absolute atomic E-state index is 11.1. The van der Waals surface area contributed by atoms with Gasteiger partial charge in [-0.25, -0.2) is 14.8 Å². The molecule has 152 valence electrons. The number of fused-ring (bicyclic) bond motifs is 1. The van der Waals surface area contributed by atoms with E-state index in [1.165, 1.54) is 4.90 Å². The van der Waals surface area contributed by atoms with Gasteiger partial charge < -0.3 is 24.4 Å². The Labute approximate surface area is 172 Å². The minimum absolute atomic E-state index is 0.448. The van der Waals surface area contributed by atoms with Gasteiger partial charge in [0.25, 0.3) is 0 Å².